The fourth-order valence-corrected chi connectivity index (χ4v) is 5.67. The molecule has 0 aliphatic rings. The van der Waals surface area contributed by atoms with E-state index in [-0.39, 0.29) is 31.1 Å². The van der Waals surface area contributed by atoms with E-state index in [1.165, 1.54) is 0 Å². The van der Waals surface area contributed by atoms with E-state index >= 15 is 0 Å². The smallest absolute Gasteiger partial charge is 0.408 e. The number of amides is 2. The van der Waals surface area contributed by atoms with Crippen LogP contribution >= 0.6 is 7.37 Å². The van der Waals surface area contributed by atoms with Crippen molar-refractivity contribution in [2.45, 2.75) is 25.7 Å². The molecule has 0 fully saturated rings. The maximum absolute atomic E-state index is 14.1. The number of nitrogens with one attached hydrogen (secondary N) is 2. The van der Waals surface area contributed by atoms with Gasteiger partial charge in [-0.05, 0) is 17.5 Å². The van der Waals surface area contributed by atoms with Crippen molar-refractivity contribution in [1.29, 1.82) is 0 Å². The number of phenols is 1. The lowest BCUT2D eigenvalue weighted by molar-refractivity contribution is -0.386. The highest BCUT2D eigenvalue weighted by Crippen LogP contribution is 2.50. The number of nitro groups is 1. The summed E-state index contributed by atoms with van der Waals surface area (Å²) >= 11 is 0. The Morgan fingerprint density at radius 2 is 1.51 bits per heavy atom. The summed E-state index contributed by atoms with van der Waals surface area (Å²) in [7, 11) is -1.83. The normalized spacial score (nSPS) is 12.5. The van der Waals surface area contributed by atoms with Gasteiger partial charge in [0.15, 0.2) is 5.75 Å². The first-order valence-electron chi connectivity index (χ1n) is 13.4. The van der Waals surface area contributed by atoms with Crippen molar-refractivity contribution in [1.82, 2.24) is 10.6 Å². The minimum atomic E-state index is -4.07. The van der Waals surface area contributed by atoms with Gasteiger partial charge in [-0.25, -0.2) is 14.4 Å². The summed E-state index contributed by atoms with van der Waals surface area (Å²) in [5.41, 5.74) is 0.604. The van der Waals surface area contributed by atoms with E-state index in [0.717, 1.165) is 26.4 Å². The molecule has 0 aliphatic heterocycles. The third-order valence-electron chi connectivity index (χ3n) is 6.14. The first kappa shape index (κ1) is 34.2. The highest BCUT2D eigenvalue weighted by Gasteiger charge is 2.32. The minimum Gasteiger partial charge on any atom is -0.500 e. The van der Waals surface area contributed by atoms with Gasteiger partial charge in [-0.1, -0.05) is 60.7 Å². The molecule has 0 aromatic heterocycles. The lowest BCUT2D eigenvalue weighted by Gasteiger charge is -2.23. The molecule has 0 bridgehead atoms. The van der Waals surface area contributed by atoms with Crippen molar-refractivity contribution in [2.75, 3.05) is 26.7 Å². The van der Waals surface area contributed by atoms with Crippen molar-refractivity contribution in [3.05, 3.63) is 94.0 Å². The number of aromatic hydroxyl groups is 1. The van der Waals surface area contributed by atoms with Gasteiger partial charge in [0, 0.05) is 12.2 Å². The van der Waals surface area contributed by atoms with Gasteiger partial charge in [0.25, 0.3) is 7.37 Å². The molecule has 15 nitrogen and oxygen atoms in total. The molecule has 16 heteroatoms. The standard InChI is InChI=1S/C29H32N3O12P/c1-40-25-16-22(15-24(26(25)33)32(37)38)44-45(39,19-30-28(35)42-17-20-9-5-3-6-10-20)14-13-23(27(34)41-2)31-29(36)43-18-21-11-7-4-8-12-21/h3-12,15-16,23,33H,13-14,17-19H2,1-2H3,(H,30,35)(H,31,36)/t23-,45?/m0/s1. The molecule has 2 amide bonds. The van der Waals surface area contributed by atoms with Crippen LogP contribution in [-0.2, 0) is 36.8 Å². The molecule has 0 saturated carbocycles. The zero-order valence-corrected chi connectivity index (χ0v) is 25.3. The molecule has 0 radical (unpaired) electrons. The predicted molar refractivity (Wildman–Crippen MR) is 159 cm³/mol. The number of ether oxygens (including phenoxy) is 4. The van der Waals surface area contributed by atoms with Gasteiger partial charge in [0.1, 0.15) is 31.3 Å². The Morgan fingerprint density at radius 3 is 2.04 bits per heavy atom. The van der Waals surface area contributed by atoms with E-state index in [0.29, 0.717) is 11.1 Å². The largest absolute Gasteiger partial charge is 0.500 e. The number of benzene rings is 3. The number of alkyl carbamates (subject to hydrolysis) is 2. The van der Waals surface area contributed by atoms with Crippen LogP contribution < -0.4 is 19.9 Å². The highest BCUT2D eigenvalue weighted by atomic mass is 31.2. The fraction of sp³-hybridized carbons (Fsp3) is 0.276. The van der Waals surface area contributed by atoms with Gasteiger partial charge in [-0.3, -0.25) is 14.7 Å². The number of hydrogen-bond acceptors (Lipinski definition) is 12. The highest BCUT2D eigenvalue weighted by molar-refractivity contribution is 7.59. The summed E-state index contributed by atoms with van der Waals surface area (Å²) in [6.45, 7) is -0.169. The van der Waals surface area contributed by atoms with Crippen LogP contribution in [0.2, 0.25) is 0 Å². The van der Waals surface area contributed by atoms with Crippen molar-refractivity contribution < 1.29 is 52.4 Å². The quantitative estimate of drug-likeness (QED) is 0.0677. The average molecular weight is 646 g/mol. The van der Waals surface area contributed by atoms with Crippen LogP contribution in [0.15, 0.2) is 72.8 Å². The van der Waals surface area contributed by atoms with Gasteiger partial charge >= 0.3 is 23.8 Å². The summed E-state index contributed by atoms with van der Waals surface area (Å²) in [5.74, 6) is -2.33. The Balaban J connectivity index is 1.77. The molecule has 240 valence electrons. The second-order valence-corrected chi connectivity index (χ2v) is 11.9. The van der Waals surface area contributed by atoms with E-state index in [2.05, 4.69) is 10.6 Å². The molecule has 2 atom stereocenters. The number of carbonyl (C=O) groups is 3. The maximum Gasteiger partial charge on any atom is 0.408 e. The van der Waals surface area contributed by atoms with Gasteiger partial charge < -0.3 is 39.2 Å². The van der Waals surface area contributed by atoms with Gasteiger partial charge in [0.05, 0.1) is 25.2 Å². The number of hydrogen-bond donors (Lipinski definition) is 3. The summed E-state index contributed by atoms with van der Waals surface area (Å²) < 4.78 is 39.8. The van der Waals surface area contributed by atoms with Crippen LogP contribution in [0.4, 0.5) is 15.3 Å². The summed E-state index contributed by atoms with van der Waals surface area (Å²) in [5, 5.41) is 26.3. The van der Waals surface area contributed by atoms with Crippen molar-refractivity contribution in [2.24, 2.45) is 0 Å². The van der Waals surface area contributed by atoms with E-state index in [1.54, 1.807) is 60.7 Å². The van der Waals surface area contributed by atoms with Crippen molar-refractivity contribution in [3.8, 4) is 17.2 Å². The van der Waals surface area contributed by atoms with Gasteiger partial charge in [0.2, 0.25) is 5.75 Å². The van der Waals surface area contributed by atoms with E-state index in [1.807, 2.05) is 0 Å². The predicted octanol–water partition coefficient (Wildman–Crippen LogP) is 4.71. The van der Waals surface area contributed by atoms with Crippen LogP contribution in [-0.4, -0.2) is 60.9 Å². The Hall–Kier alpha value is -5.30. The van der Waals surface area contributed by atoms with Gasteiger partial charge in [-0.15, -0.1) is 0 Å². The first-order chi connectivity index (χ1) is 21.5. The zero-order valence-electron chi connectivity index (χ0n) is 24.4. The molecular weight excluding hydrogens is 613 g/mol. The SMILES string of the molecule is COC(=O)[C@H](CCP(=O)(CNC(=O)OCc1ccccc1)Oc1cc(OC)c(O)c([N+](=O)[O-])c1)NC(=O)OCc1ccccc1. The third-order valence-corrected chi connectivity index (χ3v) is 8.27. The van der Waals surface area contributed by atoms with Crippen LogP contribution in [0, 0.1) is 10.1 Å². The van der Waals surface area contributed by atoms with E-state index < -0.39 is 60.4 Å². The number of rotatable bonds is 15. The van der Waals surface area contributed by atoms with Crippen LogP contribution in [0.25, 0.3) is 0 Å². The molecule has 3 aromatic carbocycles. The van der Waals surface area contributed by atoms with E-state index in [4.69, 9.17) is 23.5 Å². The lowest BCUT2D eigenvalue weighted by Crippen LogP contribution is -2.42. The number of carbonyl (C=O) groups excluding carboxylic acids is 3. The summed E-state index contributed by atoms with van der Waals surface area (Å²) in [6, 6.07) is 18.1. The summed E-state index contributed by atoms with van der Waals surface area (Å²) in [6.07, 6.45) is -3.29. The van der Waals surface area contributed by atoms with Crippen molar-refractivity contribution in [3.63, 3.8) is 0 Å². The Bertz CT molecular complexity index is 1520. The molecule has 3 N–H and O–H groups in total. The van der Waals surface area contributed by atoms with Crippen LogP contribution in [0.1, 0.15) is 17.5 Å². The first-order valence-corrected chi connectivity index (χ1v) is 15.4. The third kappa shape index (κ3) is 10.7. The molecule has 3 aromatic rings. The topological polar surface area (TPSA) is 202 Å². The van der Waals surface area contributed by atoms with Gasteiger partial charge in [-0.2, -0.15) is 0 Å². The minimum absolute atomic E-state index is 0.0847. The van der Waals surface area contributed by atoms with E-state index in [9.17, 15) is 34.2 Å². The zero-order chi connectivity index (χ0) is 32.8. The average Bonchev–Trinajstić information content (AvgIpc) is 3.05. The molecule has 0 spiro atoms. The Labute approximate surface area is 258 Å². The Kier molecular flexibility index (Phi) is 12.6. The Morgan fingerprint density at radius 1 is 0.933 bits per heavy atom. The molecule has 1 unspecified atom stereocenters. The van der Waals surface area contributed by atoms with Crippen LogP contribution in [0.5, 0.6) is 17.2 Å². The monoisotopic (exact) mass is 645 g/mol. The maximum atomic E-state index is 14.1. The number of nitrogens with zero attached hydrogens (tertiary/aromatic N) is 1. The second-order valence-electron chi connectivity index (χ2n) is 9.35. The molecule has 0 aliphatic carbocycles. The number of methoxy groups -OCH3 is 2. The fourth-order valence-electron chi connectivity index (χ4n) is 3.85. The molecule has 0 heterocycles. The molecule has 0 saturated heterocycles. The molecule has 3 rings (SSSR count). The number of phenolic OH excluding ortho intramolecular Hbond substituents is 1. The second kappa shape index (κ2) is 16.5. The summed E-state index contributed by atoms with van der Waals surface area (Å²) in [4.78, 5) is 48.0. The molecule has 45 heavy (non-hydrogen) atoms. The number of esters is 1. The lowest BCUT2D eigenvalue weighted by atomic mass is 10.2. The van der Waals surface area contributed by atoms with Crippen LogP contribution in [0.3, 0.4) is 0 Å². The number of nitro benzene ring substituents is 1. The molecular formula is C29H32N3O12P. The van der Waals surface area contributed by atoms with Crippen molar-refractivity contribution >= 4 is 31.2 Å².